The van der Waals surface area contributed by atoms with Crippen molar-refractivity contribution in [3.8, 4) is 5.75 Å². The highest BCUT2D eigenvalue weighted by molar-refractivity contribution is 5.51. The third kappa shape index (κ3) is 2.81. The first-order chi connectivity index (χ1) is 5.88. The van der Waals surface area contributed by atoms with Crippen molar-refractivity contribution in [2.24, 2.45) is 0 Å². The minimum Gasteiger partial charge on any atom is -0.402 e. The van der Waals surface area contributed by atoms with Gasteiger partial charge < -0.3 is 10.5 Å². The van der Waals surface area contributed by atoms with Crippen molar-refractivity contribution < 1.29 is 17.9 Å². The fourth-order valence-corrected chi connectivity index (χ4v) is 0.778. The third-order valence-corrected chi connectivity index (χ3v) is 1.26. The number of pyridine rings is 1. The number of aromatic nitrogens is 1. The largest absolute Gasteiger partial charge is 0.573 e. The van der Waals surface area contributed by atoms with E-state index in [1.807, 2.05) is 0 Å². The first-order valence-corrected chi connectivity index (χ1v) is 3.36. The Morgan fingerprint density at radius 3 is 2.54 bits per heavy atom. The van der Waals surface area contributed by atoms with Gasteiger partial charge in [0.2, 0.25) is 0 Å². The Hall–Kier alpha value is -1.46. The molecule has 13 heavy (non-hydrogen) atoms. The number of hydrogen-bond acceptors (Lipinski definition) is 3. The topological polar surface area (TPSA) is 48.1 Å². The Bertz CT molecular complexity index is 311. The Kier molecular flexibility index (Phi) is 2.31. The second-order valence-electron chi connectivity index (χ2n) is 2.41. The molecule has 6 heteroatoms. The molecular formula is C7H7F3N2O. The molecule has 1 heterocycles. The lowest BCUT2D eigenvalue weighted by atomic mass is 10.3. The van der Waals surface area contributed by atoms with Gasteiger partial charge in [0.15, 0.2) is 5.75 Å². The summed E-state index contributed by atoms with van der Waals surface area (Å²) in [6.07, 6.45) is -3.79. The molecule has 0 saturated carbocycles. The molecule has 0 fully saturated rings. The number of nitrogens with two attached hydrogens (primary N) is 1. The average Bonchev–Trinajstić information content (AvgIpc) is 1.93. The van der Waals surface area contributed by atoms with Gasteiger partial charge in [-0.2, -0.15) is 0 Å². The monoisotopic (exact) mass is 192 g/mol. The summed E-state index contributed by atoms with van der Waals surface area (Å²) in [5, 5.41) is 0. The van der Waals surface area contributed by atoms with Crippen LogP contribution in [0.15, 0.2) is 12.3 Å². The molecule has 0 unspecified atom stereocenters. The second-order valence-corrected chi connectivity index (χ2v) is 2.41. The summed E-state index contributed by atoms with van der Waals surface area (Å²) in [6, 6.07) is 1.31. The van der Waals surface area contributed by atoms with Crippen LogP contribution in [-0.4, -0.2) is 11.3 Å². The predicted molar refractivity (Wildman–Crippen MR) is 40.1 cm³/mol. The molecule has 0 amide bonds. The van der Waals surface area contributed by atoms with Crippen LogP contribution in [0.5, 0.6) is 5.75 Å². The van der Waals surface area contributed by atoms with Crippen molar-refractivity contribution in [1.82, 2.24) is 4.98 Å². The van der Waals surface area contributed by atoms with Crippen LogP contribution in [0.25, 0.3) is 0 Å². The molecule has 1 aromatic rings. The quantitative estimate of drug-likeness (QED) is 0.738. The molecule has 0 aliphatic rings. The van der Waals surface area contributed by atoms with Crippen LogP contribution in [0.4, 0.5) is 18.9 Å². The van der Waals surface area contributed by atoms with Gasteiger partial charge in [-0.05, 0) is 13.0 Å². The number of alkyl halides is 3. The smallest absolute Gasteiger partial charge is 0.402 e. The molecule has 0 aliphatic heterocycles. The number of nitrogen functional groups attached to an aromatic ring is 1. The van der Waals surface area contributed by atoms with Gasteiger partial charge in [0.1, 0.15) is 0 Å². The maximum Gasteiger partial charge on any atom is 0.573 e. The Labute approximate surface area is 72.3 Å². The van der Waals surface area contributed by atoms with E-state index in [-0.39, 0.29) is 5.69 Å². The van der Waals surface area contributed by atoms with E-state index in [1.165, 1.54) is 6.07 Å². The van der Waals surface area contributed by atoms with E-state index >= 15 is 0 Å². The van der Waals surface area contributed by atoms with Crippen molar-refractivity contribution in [2.45, 2.75) is 13.3 Å². The van der Waals surface area contributed by atoms with E-state index in [2.05, 4.69) is 9.72 Å². The Morgan fingerprint density at radius 2 is 2.08 bits per heavy atom. The van der Waals surface area contributed by atoms with E-state index in [4.69, 9.17) is 5.73 Å². The maximum atomic E-state index is 11.7. The van der Waals surface area contributed by atoms with Gasteiger partial charge in [0.25, 0.3) is 0 Å². The lowest BCUT2D eigenvalue weighted by Gasteiger charge is -2.10. The fraction of sp³-hybridized carbons (Fsp3) is 0.286. The molecule has 1 aromatic heterocycles. The minimum atomic E-state index is -4.73. The number of anilines is 1. The van der Waals surface area contributed by atoms with E-state index in [9.17, 15) is 13.2 Å². The first-order valence-electron chi connectivity index (χ1n) is 3.36. The highest BCUT2D eigenvalue weighted by atomic mass is 19.4. The summed E-state index contributed by atoms with van der Waals surface area (Å²) < 4.78 is 38.7. The average molecular weight is 192 g/mol. The number of hydrogen-bond donors (Lipinski definition) is 1. The van der Waals surface area contributed by atoms with Crippen LogP contribution in [0.1, 0.15) is 5.69 Å². The zero-order chi connectivity index (χ0) is 10.1. The molecule has 0 aliphatic carbocycles. The predicted octanol–water partition coefficient (Wildman–Crippen LogP) is 1.87. The highest BCUT2D eigenvalue weighted by Gasteiger charge is 2.32. The minimum absolute atomic E-state index is 0.0789. The highest BCUT2D eigenvalue weighted by Crippen LogP contribution is 2.27. The summed E-state index contributed by atoms with van der Waals surface area (Å²) in [5.74, 6) is -0.474. The fourth-order valence-electron chi connectivity index (χ4n) is 0.778. The number of rotatable bonds is 1. The summed E-state index contributed by atoms with van der Waals surface area (Å²) in [7, 11) is 0. The zero-order valence-electron chi connectivity index (χ0n) is 6.72. The first kappa shape index (κ1) is 9.63. The van der Waals surface area contributed by atoms with Crippen molar-refractivity contribution >= 4 is 5.69 Å². The molecular weight excluding hydrogens is 185 g/mol. The molecule has 0 saturated heterocycles. The number of nitrogens with zero attached hydrogens (tertiary/aromatic N) is 1. The van der Waals surface area contributed by atoms with Gasteiger partial charge in [-0.1, -0.05) is 0 Å². The summed E-state index contributed by atoms with van der Waals surface area (Å²) in [5.41, 5.74) is 5.72. The molecule has 0 bridgehead atoms. The number of halogens is 3. The zero-order valence-corrected chi connectivity index (χ0v) is 6.72. The Morgan fingerprint density at radius 1 is 1.46 bits per heavy atom. The second kappa shape index (κ2) is 3.12. The van der Waals surface area contributed by atoms with Gasteiger partial charge in [-0.3, -0.25) is 4.98 Å². The molecule has 2 N–H and O–H groups in total. The maximum absolute atomic E-state index is 11.7. The number of aryl methyl sites for hydroxylation is 1. The van der Waals surface area contributed by atoms with Crippen molar-refractivity contribution in [3.05, 3.63) is 18.0 Å². The van der Waals surface area contributed by atoms with Crippen molar-refractivity contribution in [1.29, 1.82) is 0 Å². The van der Waals surface area contributed by atoms with Gasteiger partial charge in [0, 0.05) is 5.69 Å². The van der Waals surface area contributed by atoms with Gasteiger partial charge in [-0.15, -0.1) is 13.2 Å². The van der Waals surface area contributed by atoms with Gasteiger partial charge in [-0.25, -0.2) is 0 Å². The summed E-state index contributed by atoms with van der Waals surface area (Å²) in [4.78, 5) is 3.62. The molecule has 0 atom stereocenters. The molecule has 1 rings (SSSR count). The number of ether oxygens (including phenoxy) is 1. The van der Waals surface area contributed by atoms with E-state index < -0.39 is 12.1 Å². The van der Waals surface area contributed by atoms with Crippen molar-refractivity contribution in [2.75, 3.05) is 5.73 Å². The lowest BCUT2D eigenvalue weighted by Crippen LogP contribution is -2.18. The normalized spacial score (nSPS) is 11.4. The van der Waals surface area contributed by atoms with Gasteiger partial charge in [0.05, 0.1) is 11.9 Å². The Balaban J connectivity index is 2.90. The van der Waals surface area contributed by atoms with Crippen LogP contribution < -0.4 is 10.5 Å². The van der Waals surface area contributed by atoms with E-state index in [1.54, 1.807) is 6.92 Å². The molecule has 0 spiro atoms. The van der Waals surface area contributed by atoms with Crippen molar-refractivity contribution in [3.63, 3.8) is 0 Å². The van der Waals surface area contributed by atoms with Crippen LogP contribution in [0.3, 0.4) is 0 Å². The standard InChI is InChI=1S/C7H7F3N2O/c1-4-2-5(11)6(3-12-4)13-7(8,9)10/h2-3H,1H3,(H2,11,12). The van der Waals surface area contributed by atoms with Crippen LogP contribution in [-0.2, 0) is 0 Å². The SMILES string of the molecule is Cc1cc(N)c(OC(F)(F)F)cn1. The molecule has 0 radical (unpaired) electrons. The summed E-state index contributed by atoms with van der Waals surface area (Å²) in [6.45, 7) is 1.62. The van der Waals surface area contributed by atoms with E-state index in [0.717, 1.165) is 6.20 Å². The molecule has 3 nitrogen and oxygen atoms in total. The van der Waals surface area contributed by atoms with Crippen LogP contribution in [0.2, 0.25) is 0 Å². The molecule has 72 valence electrons. The van der Waals surface area contributed by atoms with Crippen LogP contribution in [0, 0.1) is 6.92 Å². The molecule has 0 aromatic carbocycles. The van der Waals surface area contributed by atoms with Gasteiger partial charge >= 0.3 is 6.36 Å². The van der Waals surface area contributed by atoms with Crippen LogP contribution >= 0.6 is 0 Å². The lowest BCUT2D eigenvalue weighted by molar-refractivity contribution is -0.274. The van der Waals surface area contributed by atoms with E-state index in [0.29, 0.717) is 5.69 Å². The summed E-state index contributed by atoms with van der Waals surface area (Å²) >= 11 is 0. The third-order valence-electron chi connectivity index (χ3n) is 1.26.